The Bertz CT molecular complexity index is 1190. The van der Waals surface area contributed by atoms with E-state index in [9.17, 15) is 13.2 Å². The first-order valence-electron chi connectivity index (χ1n) is 14.1. The first-order chi connectivity index (χ1) is 18.9. The maximum Gasteiger partial charge on any atom is 0.387 e. The van der Waals surface area contributed by atoms with Crippen molar-refractivity contribution in [3.63, 3.8) is 0 Å². The number of hydrogen-bond acceptors (Lipinski definition) is 3. The molecule has 1 heterocycles. The lowest BCUT2D eigenvalue weighted by atomic mass is 9.98. The molecular formula is C32H38F4O3. The number of ether oxygens (including phenoxy) is 3. The van der Waals surface area contributed by atoms with Gasteiger partial charge in [0.25, 0.3) is 0 Å². The van der Waals surface area contributed by atoms with E-state index in [1.54, 1.807) is 12.1 Å². The molecule has 0 unspecified atom stereocenters. The molecule has 1 aliphatic heterocycles. The molecule has 0 aromatic heterocycles. The normalized spacial score (nSPS) is 17.7. The van der Waals surface area contributed by atoms with Gasteiger partial charge in [0.1, 0.15) is 5.82 Å². The Morgan fingerprint density at radius 2 is 1.56 bits per heavy atom. The summed E-state index contributed by atoms with van der Waals surface area (Å²) in [4.78, 5) is 0. The molecule has 0 spiro atoms. The van der Waals surface area contributed by atoms with E-state index in [2.05, 4.69) is 11.7 Å². The molecular weight excluding hydrogens is 508 g/mol. The lowest BCUT2D eigenvalue weighted by Crippen LogP contribution is -2.32. The second kappa shape index (κ2) is 14.7. The molecule has 3 aromatic carbocycles. The molecule has 3 nitrogen and oxygen atoms in total. The van der Waals surface area contributed by atoms with Crippen molar-refractivity contribution in [1.82, 2.24) is 0 Å². The van der Waals surface area contributed by atoms with Crippen LogP contribution in [0, 0.1) is 17.6 Å². The summed E-state index contributed by atoms with van der Waals surface area (Å²) in [5.74, 6) is -1.17. The lowest BCUT2D eigenvalue weighted by molar-refractivity contribution is -0.203. The Hall–Kier alpha value is -2.64. The number of aryl methyl sites for hydroxylation is 3. The van der Waals surface area contributed by atoms with Crippen molar-refractivity contribution in [2.45, 2.75) is 84.0 Å². The Labute approximate surface area is 228 Å². The zero-order valence-electron chi connectivity index (χ0n) is 22.6. The van der Waals surface area contributed by atoms with E-state index >= 15 is 4.39 Å². The quantitative estimate of drug-likeness (QED) is 0.149. The standard InChI is InChI=1S/C32H38F4O3/c1-2-3-4-5-6-7-24-20-37-30(38-21-24)17-11-22-9-15-27-26(18-22)14-13-25(31(27)34)12-8-23-10-16-29(28(33)19-23)39-32(35)36/h9-10,13-16,18-19,24,30,32H,2-8,11-12,17,20-21H2,1H3. The number of unbranched alkanes of at least 4 members (excludes halogenated alkanes) is 4. The van der Waals surface area contributed by atoms with E-state index in [-0.39, 0.29) is 12.1 Å². The van der Waals surface area contributed by atoms with Gasteiger partial charge in [0, 0.05) is 17.7 Å². The van der Waals surface area contributed by atoms with Gasteiger partial charge in [0.15, 0.2) is 17.9 Å². The average Bonchev–Trinajstić information content (AvgIpc) is 2.93. The largest absolute Gasteiger partial charge is 0.432 e. The van der Waals surface area contributed by atoms with Gasteiger partial charge in [-0.2, -0.15) is 8.78 Å². The lowest BCUT2D eigenvalue weighted by Gasteiger charge is -2.29. The first kappa shape index (κ1) is 29.3. The smallest absolute Gasteiger partial charge is 0.387 e. The molecule has 7 heteroatoms. The minimum Gasteiger partial charge on any atom is -0.432 e. The third-order valence-corrected chi connectivity index (χ3v) is 7.41. The van der Waals surface area contributed by atoms with Crippen LogP contribution in [0.15, 0.2) is 48.5 Å². The molecule has 212 valence electrons. The summed E-state index contributed by atoms with van der Waals surface area (Å²) in [6.45, 7) is 0.648. The van der Waals surface area contributed by atoms with Gasteiger partial charge in [-0.3, -0.25) is 0 Å². The predicted octanol–water partition coefficient (Wildman–Crippen LogP) is 8.79. The number of benzene rings is 3. The SMILES string of the molecule is CCCCCCCC1COC(CCc2ccc3c(F)c(CCc4ccc(OC(F)F)c(F)c4)ccc3c2)OC1. The van der Waals surface area contributed by atoms with Gasteiger partial charge in [-0.05, 0) is 59.9 Å². The van der Waals surface area contributed by atoms with Gasteiger partial charge < -0.3 is 14.2 Å². The Kier molecular flexibility index (Phi) is 11.0. The fourth-order valence-electron chi connectivity index (χ4n) is 5.14. The van der Waals surface area contributed by atoms with Crippen LogP contribution in [0.2, 0.25) is 0 Å². The average molecular weight is 547 g/mol. The van der Waals surface area contributed by atoms with Gasteiger partial charge in [0.05, 0.1) is 13.2 Å². The van der Waals surface area contributed by atoms with Gasteiger partial charge in [0.2, 0.25) is 0 Å². The predicted molar refractivity (Wildman–Crippen MR) is 145 cm³/mol. The molecule has 39 heavy (non-hydrogen) atoms. The Balaban J connectivity index is 1.26. The molecule has 0 N–H and O–H groups in total. The van der Waals surface area contributed by atoms with E-state index in [0.29, 0.717) is 35.3 Å². The summed E-state index contributed by atoms with van der Waals surface area (Å²) in [7, 11) is 0. The monoisotopic (exact) mass is 546 g/mol. The summed E-state index contributed by atoms with van der Waals surface area (Å²) in [6.07, 6.45) is 9.63. The number of halogens is 4. The summed E-state index contributed by atoms with van der Waals surface area (Å²) < 4.78 is 69.9. The Morgan fingerprint density at radius 1 is 0.821 bits per heavy atom. The van der Waals surface area contributed by atoms with Crippen LogP contribution >= 0.6 is 0 Å². The van der Waals surface area contributed by atoms with Gasteiger partial charge >= 0.3 is 6.61 Å². The van der Waals surface area contributed by atoms with E-state index in [4.69, 9.17) is 9.47 Å². The van der Waals surface area contributed by atoms with Crippen molar-refractivity contribution in [2.24, 2.45) is 5.92 Å². The highest BCUT2D eigenvalue weighted by atomic mass is 19.3. The highest BCUT2D eigenvalue weighted by Crippen LogP contribution is 2.27. The van der Waals surface area contributed by atoms with Gasteiger partial charge in [-0.25, -0.2) is 8.78 Å². The molecule has 1 fully saturated rings. The van der Waals surface area contributed by atoms with Crippen LogP contribution in [-0.4, -0.2) is 26.1 Å². The van der Waals surface area contributed by atoms with Crippen LogP contribution in [0.25, 0.3) is 10.8 Å². The van der Waals surface area contributed by atoms with Crippen molar-refractivity contribution in [3.05, 3.63) is 76.9 Å². The first-order valence-corrected chi connectivity index (χ1v) is 14.1. The molecule has 1 aliphatic rings. The number of hydrogen-bond donors (Lipinski definition) is 0. The van der Waals surface area contributed by atoms with E-state index < -0.39 is 18.2 Å². The zero-order valence-corrected chi connectivity index (χ0v) is 22.6. The number of alkyl halides is 2. The van der Waals surface area contributed by atoms with Crippen LogP contribution in [0.5, 0.6) is 5.75 Å². The summed E-state index contributed by atoms with van der Waals surface area (Å²) in [6, 6.07) is 13.2. The molecule has 0 radical (unpaired) electrons. The van der Waals surface area contributed by atoms with Crippen LogP contribution in [0.4, 0.5) is 17.6 Å². The minimum atomic E-state index is -3.09. The summed E-state index contributed by atoms with van der Waals surface area (Å²) in [5.41, 5.74) is 2.20. The fraction of sp³-hybridized carbons (Fsp3) is 0.500. The molecule has 1 saturated heterocycles. The highest BCUT2D eigenvalue weighted by molar-refractivity contribution is 5.84. The van der Waals surface area contributed by atoms with E-state index in [1.807, 2.05) is 18.2 Å². The topological polar surface area (TPSA) is 27.7 Å². The van der Waals surface area contributed by atoms with Crippen LogP contribution < -0.4 is 4.74 Å². The van der Waals surface area contributed by atoms with Gasteiger partial charge in [-0.1, -0.05) is 75.4 Å². The molecule has 0 aliphatic carbocycles. The minimum absolute atomic E-state index is 0.197. The molecule has 3 aromatic rings. The molecule has 0 amide bonds. The third kappa shape index (κ3) is 8.67. The van der Waals surface area contributed by atoms with Crippen LogP contribution in [0.1, 0.15) is 68.6 Å². The van der Waals surface area contributed by atoms with Crippen molar-refractivity contribution in [3.8, 4) is 5.75 Å². The number of rotatable bonds is 14. The van der Waals surface area contributed by atoms with Crippen molar-refractivity contribution < 1.29 is 31.8 Å². The second-order valence-electron chi connectivity index (χ2n) is 10.4. The van der Waals surface area contributed by atoms with Crippen molar-refractivity contribution in [1.29, 1.82) is 0 Å². The second-order valence-corrected chi connectivity index (χ2v) is 10.4. The number of fused-ring (bicyclic) bond motifs is 1. The Morgan fingerprint density at radius 3 is 2.31 bits per heavy atom. The highest BCUT2D eigenvalue weighted by Gasteiger charge is 2.22. The van der Waals surface area contributed by atoms with E-state index in [1.165, 1.54) is 44.2 Å². The molecule has 0 bridgehead atoms. The maximum absolute atomic E-state index is 15.2. The van der Waals surface area contributed by atoms with E-state index in [0.717, 1.165) is 49.5 Å². The van der Waals surface area contributed by atoms with Crippen LogP contribution in [-0.2, 0) is 28.7 Å². The zero-order chi connectivity index (χ0) is 27.6. The van der Waals surface area contributed by atoms with Crippen molar-refractivity contribution >= 4 is 10.8 Å². The summed E-state index contributed by atoms with van der Waals surface area (Å²) in [5, 5.41) is 1.36. The molecule has 4 rings (SSSR count). The maximum atomic E-state index is 15.2. The summed E-state index contributed by atoms with van der Waals surface area (Å²) >= 11 is 0. The third-order valence-electron chi connectivity index (χ3n) is 7.41. The molecule has 0 saturated carbocycles. The fourth-order valence-corrected chi connectivity index (χ4v) is 5.14. The van der Waals surface area contributed by atoms with Crippen LogP contribution in [0.3, 0.4) is 0 Å². The molecule has 0 atom stereocenters. The van der Waals surface area contributed by atoms with Crippen molar-refractivity contribution in [2.75, 3.05) is 13.2 Å². The van der Waals surface area contributed by atoms with Gasteiger partial charge in [-0.15, -0.1) is 0 Å².